The molecule has 0 radical (unpaired) electrons. The molecule has 2 rings (SSSR count). The highest BCUT2D eigenvalue weighted by Crippen LogP contribution is 2.09. The van der Waals surface area contributed by atoms with E-state index in [-0.39, 0.29) is 0 Å². The third kappa shape index (κ3) is 6.30. The molecule has 0 aliphatic carbocycles. The lowest BCUT2D eigenvalue weighted by molar-refractivity contribution is -0.117. The summed E-state index contributed by atoms with van der Waals surface area (Å²) >= 11 is 0. The standard InChI is InChI=1S/C8H15NO.C5H5N/c1-7(10)6-8-4-2-3-5-9-8;1-2-4-6-5-3-1/h8-9H,2-6H2,1H3;1-5H. The maximum atomic E-state index is 10.7. The van der Waals surface area contributed by atoms with Gasteiger partial charge in [-0.05, 0) is 38.4 Å². The van der Waals surface area contributed by atoms with E-state index in [4.69, 9.17) is 0 Å². The Morgan fingerprint density at radius 3 is 2.44 bits per heavy atom. The first-order valence-electron chi connectivity index (χ1n) is 5.87. The molecule has 0 spiro atoms. The third-order valence-electron chi connectivity index (χ3n) is 2.51. The molecule has 3 heteroatoms. The van der Waals surface area contributed by atoms with E-state index in [0.717, 1.165) is 13.0 Å². The molecule has 16 heavy (non-hydrogen) atoms. The Bertz CT molecular complexity index is 255. The Balaban J connectivity index is 0.000000181. The van der Waals surface area contributed by atoms with E-state index in [9.17, 15) is 4.79 Å². The van der Waals surface area contributed by atoms with Gasteiger partial charge in [-0.3, -0.25) is 9.78 Å². The summed E-state index contributed by atoms with van der Waals surface area (Å²) < 4.78 is 0. The molecule has 1 aromatic heterocycles. The maximum absolute atomic E-state index is 10.7. The van der Waals surface area contributed by atoms with Gasteiger partial charge in [0.2, 0.25) is 0 Å². The number of aromatic nitrogens is 1. The third-order valence-corrected chi connectivity index (χ3v) is 2.51. The van der Waals surface area contributed by atoms with Crippen molar-refractivity contribution in [1.29, 1.82) is 0 Å². The Hall–Kier alpha value is -1.22. The normalized spacial score (nSPS) is 19.4. The van der Waals surface area contributed by atoms with Crippen molar-refractivity contribution in [3.8, 4) is 0 Å². The summed E-state index contributed by atoms with van der Waals surface area (Å²) in [5.74, 6) is 0.305. The van der Waals surface area contributed by atoms with Crippen molar-refractivity contribution >= 4 is 5.78 Å². The van der Waals surface area contributed by atoms with E-state index < -0.39 is 0 Å². The first-order valence-corrected chi connectivity index (χ1v) is 5.87. The summed E-state index contributed by atoms with van der Waals surface area (Å²) in [4.78, 5) is 14.5. The highest BCUT2D eigenvalue weighted by Gasteiger charge is 2.13. The molecule has 1 atom stereocenters. The number of ketones is 1. The fourth-order valence-electron chi connectivity index (χ4n) is 1.76. The van der Waals surface area contributed by atoms with Crippen molar-refractivity contribution in [2.75, 3.05) is 6.54 Å². The molecular formula is C13H20N2O. The zero-order valence-corrected chi connectivity index (χ0v) is 9.86. The minimum absolute atomic E-state index is 0.305. The number of carbonyl (C=O) groups excluding carboxylic acids is 1. The van der Waals surface area contributed by atoms with E-state index in [2.05, 4.69) is 10.3 Å². The van der Waals surface area contributed by atoms with Gasteiger partial charge in [0.1, 0.15) is 5.78 Å². The highest BCUT2D eigenvalue weighted by atomic mass is 16.1. The minimum Gasteiger partial charge on any atom is -0.314 e. The van der Waals surface area contributed by atoms with Crippen molar-refractivity contribution in [2.45, 2.75) is 38.6 Å². The molecule has 0 bridgehead atoms. The number of rotatable bonds is 2. The van der Waals surface area contributed by atoms with Crippen LogP contribution in [-0.4, -0.2) is 23.4 Å². The summed E-state index contributed by atoms with van der Waals surface area (Å²) in [5.41, 5.74) is 0. The number of Topliss-reactive ketones (excluding diaryl/α,β-unsaturated/α-hetero) is 1. The maximum Gasteiger partial charge on any atom is 0.131 e. The molecule has 0 amide bonds. The average Bonchev–Trinajstić information content (AvgIpc) is 2.32. The highest BCUT2D eigenvalue weighted by molar-refractivity contribution is 5.76. The van der Waals surface area contributed by atoms with Crippen molar-refractivity contribution in [2.24, 2.45) is 0 Å². The van der Waals surface area contributed by atoms with Crippen molar-refractivity contribution in [1.82, 2.24) is 10.3 Å². The van der Waals surface area contributed by atoms with Gasteiger partial charge in [-0.15, -0.1) is 0 Å². The van der Waals surface area contributed by atoms with Gasteiger partial charge in [-0.25, -0.2) is 0 Å². The summed E-state index contributed by atoms with van der Waals surface area (Å²) in [6, 6.07) is 6.19. The number of hydrogen-bond acceptors (Lipinski definition) is 3. The molecule has 0 aromatic carbocycles. The lowest BCUT2D eigenvalue weighted by Gasteiger charge is -2.21. The fraction of sp³-hybridized carbons (Fsp3) is 0.538. The molecule has 1 N–H and O–H groups in total. The number of piperidine rings is 1. The zero-order valence-electron chi connectivity index (χ0n) is 9.86. The van der Waals surface area contributed by atoms with Gasteiger partial charge < -0.3 is 5.32 Å². The predicted octanol–water partition coefficient (Wildman–Crippen LogP) is 2.19. The van der Waals surface area contributed by atoms with Crippen molar-refractivity contribution in [3.63, 3.8) is 0 Å². The van der Waals surface area contributed by atoms with Gasteiger partial charge in [0.25, 0.3) is 0 Å². The molecule has 1 fully saturated rings. The van der Waals surface area contributed by atoms with Crippen LogP contribution in [0, 0.1) is 0 Å². The number of hydrogen-bond donors (Lipinski definition) is 1. The summed E-state index contributed by atoms with van der Waals surface area (Å²) in [6.07, 6.45) is 7.96. The Kier molecular flexibility index (Phi) is 6.42. The second-order valence-electron chi connectivity index (χ2n) is 4.08. The van der Waals surface area contributed by atoms with Gasteiger partial charge in [-0.1, -0.05) is 12.5 Å². The van der Waals surface area contributed by atoms with Crippen LogP contribution in [0.25, 0.3) is 0 Å². The number of carbonyl (C=O) groups is 1. The van der Waals surface area contributed by atoms with Crippen LogP contribution in [0.2, 0.25) is 0 Å². The molecule has 1 aromatic rings. The van der Waals surface area contributed by atoms with Crippen molar-refractivity contribution in [3.05, 3.63) is 30.6 Å². The second kappa shape index (κ2) is 7.99. The Morgan fingerprint density at radius 2 is 2.06 bits per heavy atom. The molecule has 88 valence electrons. The van der Waals surface area contributed by atoms with Gasteiger partial charge in [-0.2, -0.15) is 0 Å². The lowest BCUT2D eigenvalue weighted by atomic mass is 10.0. The van der Waals surface area contributed by atoms with Crippen LogP contribution in [-0.2, 0) is 4.79 Å². The van der Waals surface area contributed by atoms with Gasteiger partial charge in [0.15, 0.2) is 0 Å². The summed E-state index contributed by atoms with van der Waals surface area (Å²) in [6.45, 7) is 2.76. The number of nitrogens with zero attached hydrogens (tertiary/aromatic N) is 1. The summed E-state index contributed by atoms with van der Waals surface area (Å²) in [7, 11) is 0. The SMILES string of the molecule is CC(=O)CC1CCCCN1.c1ccncc1. The van der Waals surface area contributed by atoms with E-state index in [1.54, 1.807) is 19.3 Å². The van der Waals surface area contributed by atoms with Crippen LogP contribution in [0.4, 0.5) is 0 Å². The largest absolute Gasteiger partial charge is 0.314 e. The van der Waals surface area contributed by atoms with Crippen LogP contribution in [0.15, 0.2) is 30.6 Å². The van der Waals surface area contributed by atoms with Crippen molar-refractivity contribution < 1.29 is 4.79 Å². The molecule has 1 aliphatic rings. The van der Waals surface area contributed by atoms with Gasteiger partial charge in [0.05, 0.1) is 0 Å². The second-order valence-corrected chi connectivity index (χ2v) is 4.08. The van der Waals surface area contributed by atoms with E-state index >= 15 is 0 Å². The lowest BCUT2D eigenvalue weighted by Crippen LogP contribution is -2.35. The first-order chi connectivity index (χ1) is 7.79. The van der Waals surface area contributed by atoms with Gasteiger partial charge in [0, 0.05) is 24.9 Å². The van der Waals surface area contributed by atoms with Crippen LogP contribution in [0.3, 0.4) is 0 Å². The van der Waals surface area contributed by atoms with Crippen LogP contribution >= 0.6 is 0 Å². The van der Waals surface area contributed by atoms with Gasteiger partial charge >= 0.3 is 0 Å². The molecule has 1 saturated heterocycles. The number of pyridine rings is 1. The Labute approximate surface area is 97.3 Å². The van der Waals surface area contributed by atoms with Crippen LogP contribution < -0.4 is 5.32 Å². The molecule has 1 unspecified atom stereocenters. The van der Waals surface area contributed by atoms with E-state index in [1.165, 1.54) is 19.3 Å². The molecule has 1 aliphatic heterocycles. The Morgan fingerprint density at radius 1 is 1.31 bits per heavy atom. The van der Waals surface area contributed by atoms with E-state index in [1.807, 2.05) is 18.2 Å². The monoisotopic (exact) mass is 220 g/mol. The smallest absolute Gasteiger partial charge is 0.131 e. The molecular weight excluding hydrogens is 200 g/mol. The first kappa shape index (κ1) is 12.8. The van der Waals surface area contributed by atoms with Crippen LogP contribution in [0.1, 0.15) is 32.6 Å². The quantitative estimate of drug-likeness (QED) is 0.830. The predicted molar refractivity (Wildman–Crippen MR) is 65.2 cm³/mol. The summed E-state index contributed by atoms with van der Waals surface area (Å²) in [5, 5.41) is 3.33. The fourth-order valence-corrected chi connectivity index (χ4v) is 1.76. The molecule has 3 nitrogen and oxygen atoms in total. The number of nitrogens with one attached hydrogen (secondary N) is 1. The average molecular weight is 220 g/mol. The zero-order chi connectivity index (χ0) is 11.6. The van der Waals surface area contributed by atoms with E-state index in [0.29, 0.717) is 11.8 Å². The van der Waals surface area contributed by atoms with Crippen LogP contribution in [0.5, 0.6) is 0 Å². The molecule has 2 heterocycles. The topological polar surface area (TPSA) is 42.0 Å². The minimum atomic E-state index is 0.305. The molecule has 0 saturated carbocycles.